The SMILES string of the molecule is COc1cc(Cc2cnc(N)nc2N)c2cc(C=O)oc2c1OC.COc1cc(Cc2cnc(N)nc2N)c2cc(CNc3ccc(F)cc3)oc2c1OC. The predicted octanol–water partition coefficient (Wildman–Crippen LogP) is 5.55. The van der Waals surface area contributed by atoms with E-state index in [1.165, 1.54) is 26.4 Å². The molecule has 55 heavy (non-hydrogen) atoms. The van der Waals surface area contributed by atoms with Crippen LogP contribution in [0.25, 0.3) is 21.9 Å². The van der Waals surface area contributed by atoms with Gasteiger partial charge in [-0.2, -0.15) is 9.97 Å². The Hall–Kier alpha value is -7.30. The highest BCUT2D eigenvalue weighted by atomic mass is 19.1. The van der Waals surface area contributed by atoms with Crippen molar-refractivity contribution in [1.82, 2.24) is 19.9 Å². The number of anilines is 5. The highest BCUT2D eigenvalue weighted by Crippen LogP contribution is 2.42. The zero-order valence-corrected chi connectivity index (χ0v) is 30.3. The number of methoxy groups -OCH3 is 4. The number of benzene rings is 3. The zero-order valence-electron chi connectivity index (χ0n) is 30.3. The van der Waals surface area contributed by atoms with Crippen molar-refractivity contribution in [2.75, 3.05) is 56.7 Å². The first-order chi connectivity index (χ1) is 26.5. The van der Waals surface area contributed by atoms with E-state index in [9.17, 15) is 9.18 Å². The third-order valence-electron chi connectivity index (χ3n) is 8.57. The first kappa shape index (κ1) is 37.5. The average molecular weight is 752 g/mol. The van der Waals surface area contributed by atoms with Crippen LogP contribution in [-0.4, -0.2) is 54.7 Å². The number of carbonyl (C=O) groups excluding carboxylic acids is 1. The maximum atomic E-state index is 13.1. The van der Waals surface area contributed by atoms with Crippen molar-refractivity contribution in [2.24, 2.45) is 0 Å². The van der Waals surface area contributed by atoms with E-state index in [2.05, 4.69) is 25.3 Å². The Morgan fingerprint density at radius 3 is 1.67 bits per heavy atom. The van der Waals surface area contributed by atoms with Gasteiger partial charge >= 0.3 is 0 Å². The number of nitrogens with two attached hydrogens (primary N) is 4. The fourth-order valence-electron chi connectivity index (χ4n) is 5.93. The van der Waals surface area contributed by atoms with Gasteiger partial charge < -0.3 is 56.0 Å². The Kier molecular flexibility index (Phi) is 11.0. The molecule has 0 spiro atoms. The van der Waals surface area contributed by atoms with Crippen LogP contribution in [0.2, 0.25) is 0 Å². The van der Waals surface area contributed by atoms with E-state index < -0.39 is 0 Å². The summed E-state index contributed by atoms with van der Waals surface area (Å²) in [5.41, 5.74) is 28.0. The average Bonchev–Trinajstić information content (AvgIpc) is 3.82. The molecular formula is C38H38FN9O7. The highest BCUT2D eigenvalue weighted by Gasteiger charge is 2.21. The molecule has 4 aromatic heterocycles. The molecule has 0 atom stereocenters. The summed E-state index contributed by atoms with van der Waals surface area (Å²) < 4.78 is 46.5. The Morgan fingerprint density at radius 2 is 1.20 bits per heavy atom. The van der Waals surface area contributed by atoms with Crippen molar-refractivity contribution in [1.29, 1.82) is 0 Å². The number of carbonyl (C=O) groups is 1. The fourth-order valence-corrected chi connectivity index (χ4v) is 5.93. The van der Waals surface area contributed by atoms with Crippen LogP contribution in [0.3, 0.4) is 0 Å². The molecule has 7 aromatic rings. The lowest BCUT2D eigenvalue weighted by Crippen LogP contribution is -2.04. The first-order valence-corrected chi connectivity index (χ1v) is 16.6. The molecule has 284 valence electrons. The van der Waals surface area contributed by atoms with Crippen LogP contribution in [0.15, 0.2) is 69.8 Å². The summed E-state index contributed by atoms with van der Waals surface area (Å²) in [6.07, 6.45) is 4.68. The molecule has 0 saturated heterocycles. The van der Waals surface area contributed by atoms with Gasteiger partial charge in [0.25, 0.3) is 0 Å². The molecule has 3 aromatic carbocycles. The Morgan fingerprint density at radius 1 is 0.691 bits per heavy atom. The van der Waals surface area contributed by atoms with Crippen molar-refractivity contribution in [3.05, 3.63) is 101 Å². The van der Waals surface area contributed by atoms with E-state index in [0.29, 0.717) is 82.8 Å². The molecule has 0 aliphatic carbocycles. The number of aromatic nitrogens is 4. The first-order valence-electron chi connectivity index (χ1n) is 16.6. The van der Waals surface area contributed by atoms with Crippen LogP contribution >= 0.6 is 0 Å². The number of hydrogen-bond donors (Lipinski definition) is 5. The van der Waals surface area contributed by atoms with Crippen LogP contribution in [0.4, 0.5) is 33.6 Å². The monoisotopic (exact) mass is 751 g/mol. The molecule has 0 amide bonds. The zero-order chi connectivity index (χ0) is 39.2. The minimum absolute atomic E-state index is 0.111. The summed E-state index contributed by atoms with van der Waals surface area (Å²) in [4.78, 5) is 27.1. The van der Waals surface area contributed by atoms with Crippen LogP contribution in [-0.2, 0) is 19.4 Å². The Labute approximate surface area is 313 Å². The number of hydrogen-bond acceptors (Lipinski definition) is 16. The van der Waals surface area contributed by atoms with Gasteiger partial charge in [-0.1, -0.05) is 0 Å². The number of nitrogens with one attached hydrogen (secondary N) is 1. The number of rotatable bonds is 12. The van der Waals surface area contributed by atoms with Crippen molar-refractivity contribution in [2.45, 2.75) is 19.4 Å². The number of fused-ring (bicyclic) bond motifs is 2. The van der Waals surface area contributed by atoms with Gasteiger partial charge in [-0.15, -0.1) is 0 Å². The molecule has 0 bridgehead atoms. The van der Waals surface area contributed by atoms with Gasteiger partial charge in [0.1, 0.15) is 23.2 Å². The fraction of sp³-hybridized carbons (Fsp3) is 0.184. The molecule has 0 aliphatic rings. The van der Waals surface area contributed by atoms with Gasteiger partial charge in [0.2, 0.25) is 23.4 Å². The van der Waals surface area contributed by atoms with E-state index in [1.54, 1.807) is 50.9 Å². The minimum atomic E-state index is -0.290. The number of nitrogens with zero attached hydrogens (tertiary/aromatic N) is 4. The number of aldehydes is 1. The van der Waals surface area contributed by atoms with E-state index in [-0.39, 0.29) is 23.5 Å². The second kappa shape index (κ2) is 16.2. The van der Waals surface area contributed by atoms with Crippen LogP contribution in [0.5, 0.6) is 23.0 Å². The molecule has 9 N–H and O–H groups in total. The molecule has 0 aliphatic heterocycles. The van der Waals surface area contributed by atoms with Crippen LogP contribution in [0, 0.1) is 5.82 Å². The molecule has 4 heterocycles. The lowest BCUT2D eigenvalue weighted by molar-refractivity contribution is 0.110. The van der Waals surface area contributed by atoms with Gasteiger partial charge in [-0.25, -0.2) is 14.4 Å². The molecule has 0 radical (unpaired) electrons. The maximum Gasteiger partial charge on any atom is 0.221 e. The summed E-state index contributed by atoms with van der Waals surface area (Å²) in [6.45, 7) is 0.401. The maximum absolute atomic E-state index is 13.1. The molecular weight excluding hydrogens is 713 g/mol. The van der Waals surface area contributed by atoms with Gasteiger partial charge in [0, 0.05) is 52.8 Å². The number of halogens is 1. The van der Waals surface area contributed by atoms with Gasteiger partial charge in [-0.05, 0) is 59.7 Å². The Balaban J connectivity index is 0.000000193. The summed E-state index contributed by atoms with van der Waals surface area (Å²) >= 11 is 0. The summed E-state index contributed by atoms with van der Waals surface area (Å²) in [6, 6.07) is 13.4. The van der Waals surface area contributed by atoms with Gasteiger partial charge in [0.15, 0.2) is 34.7 Å². The normalized spacial score (nSPS) is 10.9. The summed E-state index contributed by atoms with van der Waals surface area (Å²) in [7, 11) is 6.15. The quantitative estimate of drug-likeness (QED) is 0.0960. The lowest BCUT2D eigenvalue weighted by atomic mass is 10.0. The van der Waals surface area contributed by atoms with Crippen LogP contribution in [0.1, 0.15) is 38.6 Å². The second-order valence-corrected chi connectivity index (χ2v) is 12.0. The van der Waals surface area contributed by atoms with Crippen molar-refractivity contribution in [3.8, 4) is 23.0 Å². The molecule has 0 fully saturated rings. The van der Waals surface area contributed by atoms with E-state index in [0.717, 1.165) is 33.2 Å². The second-order valence-electron chi connectivity index (χ2n) is 12.0. The molecule has 7 rings (SSSR count). The van der Waals surface area contributed by atoms with E-state index in [1.807, 2.05) is 12.1 Å². The van der Waals surface area contributed by atoms with Crippen molar-refractivity contribution < 1.29 is 37.0 Å². The topological polar surface area (TPSA) is 248 Å². The van der Waals surface area contributed by atoms with Gasteiger partial charge in [0.05, 0.1) is 35.0 Å². The molecule has 17 heteroatoms. The largest absolute Gasteiger partial charge is 0.493 e. The summed E-state index contributed by atoms with van der Waals surface area (Å²) in [5.74, 6) is 3.36. The lowest BCUT2D eigenvalue weighted by Gasteiger charge is -2.12. The predicted molar refractivity (Wildman–Crippen MR) is 205 cm³/mol. The standard InChI is InChI=1S/C22H22FN5O3.C16H16N4O4/c1-29-18-8-12(7-13-10-27-22(25)28-21(13)24)17-9-16(31-19(17)20(18)30-2)11-26-15-5-3-14(23)4-6-15;1-22-12-4-8(3-9-6-19-16(18)20-15(9)17)11-5-10(7-21)24-13(11)14(12)23-2/h3-6,8-10,26H,7,11H2,1-2H3,(H4,24,25,27,28);4-7H,3H2,1-2H3,(H4,17,18,19,20). The molecule has 16 nitrogen and oxygen atoms in total. The van der Waals surface area contributed by atoms with Crippen LogP contribution < -0.4 is 47.2 Å². The Bertz CT molecular complexity index is 2490. The number of nitrogen functional groups attached to an aromatic ring is 4. The smallest absolute Gasteiger partial charge is 0.221 e. The number of ether oxygens (including phenoxy) is 4. The third-order valence-corrected chi connectivity index (χ3v) is 8.57. The third kappa shape index (κ3) is 8.04. The summed E-state index contributed by atoms with van der Waals surface area (Å²) in [5, 5.41) is 4.79. The van der Waals surface area contributed by atoms with Gasteiger partial charge in [-0.3, -0.25) is 4.79 Å². The van der Waals surface area contributed by atoms with E-state index in [4.69, 9.17) is 50.7 Å². The minimum Gasteiger partial charge on any atom is -0.493 e. The van der Waals surface area contributed by atoms with Crippen molar-refractivity contribution in [3.63, 3.8) is 0 Å². The molecule has 0 unspecified atom stereocenters. The molecule has 0 saturated carbocycles. The van der Waals surface area contributed by atoms with E-state index >= 15 is 0 Å². The van der Waals surface area contributed by atoms with Crippen molar-refractivity contribution >= 4 is 57.4 Å². The highest BCUT2D eigenvalue weighted by molar-refractivity contribution is 5.93. The number of furan rings is 2.